The standard InChI is InChI=1S/C19H27NO/c1-2-10-20-19(18-15-6-3-7-16(15)18)14-8-9-17-13(12-14)5-4-11-21-17/h8-9,12,15-16,18-20H,2-7,10-11H2,1H3. The Kier molecular flexibility index (Phi) is 3.66. The summed E-state index contributed by atoms with van der Waals surface area (Å²) in [6.45, 7) is 4.28. The van der Waals surface area contributed by atoms with Crippen LogP contribution in [0.4, 0.5) is 0 Å². The highest BCUT2D eigenvalue weighted by molar-refractivity contribution is 5.40. The number of hydrogen-bond donors (Lipinski definition) is 1. The van der Waals surface area contributed by atoms with E-state index in [4.69, 9.17) is 4.74 Å². The summed E-state index contributed by atoms with van der Waals surface area (Å²) in [5, 5.41) is 3.84. The number of aryl methyl sites for hydroxylation is 1. The third kappa shape index (κ3) is 2.48. The van der Waals surface area contributed by atoms with Crippen LogP contribution >= 0.6 is 0 Å². The van der Waals surface area contributed by atoms with E-state index in [2.05, 4.69) is 30.4 Å². The molecule has 2 saturated carbocycles. The highest BCUT2D eigenvalue weighted by Crippen LogP contribution is 2.62. The lowest BCUT2D eigenvalue weighted by atomic mass is 9.93. The maximum Gasteiger partial charge on any atom is 0.122 e. The van der Waals surface area contributed by atoms with Crippen molar-refractivity contribution in [1.29, 1.82) is 0 Å². The van der Waals surface area contributed by atoms with Crippen LogP contribution in [0.3, 0.4) is 0 Å². The summed E-state index contributed by atoms with van der Waals surface area (Å²) in [5.74, 6) is 4.03. The predicted octanol–water partition coefficient (Wildman–Crippen LogP) is 4.10. The summed E-state index contributed by atoms with van der Waals surface area (Å²) in [6, 6.07) is 7.52. The summed E-state index contributed by atoms with van der Waals surface area (Å²) in [7, 11) is 0. The van der Waals surface area contributed by atoms with Crippen molar-refractivity contribution >= 4 is 0 Å². The van der Waals surface area contributed by atoms with Crippen molar-refractivity contribution in [1.82, 2.24) is 5.32 Å². The van der Waals surface area contributed by atoms with Crippen molar-refractivity contribution in [2.24, 2.45) is 17.8 Å². The zero-order valence-corrected chi connectivity index (χ0v) is 13.1. The molecule has 4 rings (SSSR count). The monoisotopic (exact) mass is 285 g/mol. The quantitative estimate of drug-likeness (QED) is 0.879. The Morgan fingerprint density at radius 1 is 1.24 bits per heavy atom. The number of benzene rings is 1. The van der Waals surface area contributed by atoms with Crippen LogP contribution in [0, 0.1) is 17.8 Å². The second-order valence-electron chi connectivity index (χ2n) is 7.09. The van der Waals surface area contributed by atoms with Crippen LogP contribution < -0.4 is 10.1 Å². The Labute approximate surface area is 128 Å². The molecule has 1 N–H and O–H groups in total. The minimum absolute atomic E-state index is 0.576. The molecular weight excluding hydrogens is 258 g/mol. The van der Waals surface area contributed by atoms with Crippen molar-refractivity contribution in [3.8, 4) is 5.75 Å². The second kappa shape index (κ2) is 5.64. The van der Waals surface area contributed by atoms with Crippen molar-refractivity contribution in [3.63, 3.8) is 0 Å². The van der Waals surface area contributed by atoms with Gasteiger partial charge in [-0.1, -0.05) is 25.5 Å². The lowest BCUT2D eigenvalue weighted by Gasteiger charge is -2.24. The number of rotatable bonds is 5. The maximum atomic E-state index is 5.77. The SMILES string of the molecule is CCCNC(c1ccc2c(c1)CCCO2)C1C2CCCC21. The van der Waals surface area contributed by atoms with Crippen LogP contribution in [-0.2, 0) is 6.42 Å². The molecule has 1 aromatic rings. The molecule has 21 heavy (non-hydrogen) atoms. The van der Waals surface area contributed by atoms with E-state index in [1.54, 1.807) is 0 Å². The molecule has 2 nitrogen and oxygen atoms in total. The van der Waals surface area contributed by atoms with E-state index in [1.807, 2.05) is 0 Å². The van der Waals surface area contributed by atoms with Gasteiger partial charge in [0, 0.05) is 6.04 Å². The lowest BCUT2D eigenvalue weighted by molar-refractivity contribution is 0.288. The number of nitrogens with one attached hydrogen (secondary N) is 1. The molecule has 3 unspecified atom stereocenters. The smallest absolute Gasteiger partial charge is 0.122 e. The van der Waals surface area contributed by atoms with Crippen molar-refractivity contribution < 1.29 is 4.74 Å². The third-order valence-electron chi connectivity index (χ3n) is 5.76. The fourth-order valence-electron chi connectivity index (χ4n) is 4.72. The third-order valence-corrected chi connectivity index (χ3v) is 5.76. The highest BCUT2D eigenvalue weighted by Gasteiger charge is 2.55. The van der Waals surface area contributed by atoms with Gasteiger partial charge in [0.1, 0.15) is 5.75 Å². The van der Waals surface area contributed by atoms with E-state index in [0.717, 1.165) is 43.1 Å². The molecule has 1 heterocycles. The Morgan fingerprint density at radius 2 is 2.10 bits per heavy atom. The van der Waals surface area contributed by atoms with E-state index in [1.165, 1.54) is 43.2 Å². The van der Waals surface area contributed by atoms with Gasteiger partial charge in [-0.25, -0.2) is 0 Å². The summed E-state index contributed by atoms with van der Waals surface area (Å²) in [5.41, 5.74) is 2.93. The molecule has 1 aliphatic heterocycles. The molecule has 2 aliphatic carbocycles. The van der Waals surface area contributed by atoms with Crippen molar-refractivity contribution in [3.05, 3.63) is 29.3 Å². The zero-order chi connectivity index (χ0) is 14.2. The molecule has 1 aromatic carbocycles. The summed E-state index contributed by atoms with van der Waals surface area (Å²) < 4.78 is 5.77. The Hall–Kier alpha value is -1.02. The molecule has 3 atom stereocenters. The first-order valence-electron chi connectivity index (χ1n) is 8.87. The average Bonchev–Trinajstić information content (AvgIpc) is 2.99. The van der Waals surface area contributed by atoms with Gasteiger partial charge in [0.25, 0.3) is 0 Å². The first-order chi connectivity index (χ1) is 10.4. The van der Waals surface area contributed by atoms with Crippen LogP contribution in [0.2, 0.25) is 0 Å². The van der Waals surface area contributed by atoms with E-state index < -0.39 is 0 Å². The molecule has 0 amide bonds. The van der Waals surface area contributed by atoms with Gasteiger partial charge < -0.3 is 10.1 Å². The fraction of sp³-hybridized carbons (Fsp3) is 0.684. The summed E-state index contributed by atoms with van der Waals surface area (Å²) >= 11 is 0. The predicted molar refractivity (Wildman–Crippen MR) is 85.6 cm³/mol. The van der Waals surface area contributed by atoms with Gasteiger partial charge in [0.05, 0.1) is 6.61 Å². The van der Waals surface area contributed by atoms with Crippen LogP contribution in [0.5, 0.6) is 5.75 Å². The van der Waals surface area contributed by atoms with E-state index in [9.17, 15) is 0 Å². The van der Waals surface area contributed by atoms with Gasteiger partial charge >= 0.3 is 0 Å². The Bertz CT molecular complexity index is 502. The van der Waals surface area contributed by atoms with Gasteiger partial charge in [-0.05, 0) is 73.6 Å². The van der Waals surface area contributed by atoms with Gasteiger partial charge in [0.2, 0.25) is 0 Å². The van der Waals surface area contributed by atoms with E-state index in [0.29, 0.717) is 6.04 Å². The molecule has 0 saturated heterocycles. The van der Waals surface area contributed by atoms with Crippen LogP contribution in [0.1, 0.15) is 56.2 Å². The first-order valence-corrected chi connectivity index (χ1v) is 8.87. The normalized spacial score (nSPS) is 31.2. The Balaban J connectivity index is 1.57. The van der Waals surface area contributed by atoms with Crippen molar-refractivity contribution in [2.45, 2.75) is 51.5 Å². The number of hydrogen-bond acceptors (Lipinski definition) is 2. The average molecular weight is 285 g/mol. The van der Waals surface area contributed by atoms with Gasteiger partial charge in [-0.3, -0.25) is 0 Å². The van der Waals surface area contributed by atoms with Crippen LogP contribution in [0.15, 0.2) is 18.2 Å². The second-order valence-corrected chi connectivity index (χ2v) is 7.09. The molecule has 114 valence electrons. The molecule has 0 spiro atoms. The lowest BCUT2D eigenvalue weighted by Crippen LogP contribution is -2.26. The summed E-state index contributed by atoms with van der Waals surface area (Å²) in [6.07, 6.45) is 7.96. The van der Waals surface area contributed by atoms with Crippen molar-refractivity contribution in [2.75, 3.05) is 13.2 Å². The van der Waals surface area contributed by atoms with Crippen LogP contribution in [0.25, 0.3) is 0 Å². The molecule has 3 aliphatic rings. The first kappa shape index (κ1) is 13.6. The molecule has 0 bridgehead atoms. The van der Waals surface area contributed by atoms with Gasteiger partial charge in [0.15, 0.2) is 0 Å². The molecule has 0 radical (unpaired) electrons. The zero-order valence-electron chi connectivity index (χ0n) is 13.1. The largest absolute Gasteiger partial charge is 0.493 e. The molecule has 2 fully saturated rings. The summed E-state index contributed by atoms with van der Waals surface area (Å²) in [4.78, 5) is 0. The van der Waals surface area contributed by atoms with Crippen LogP contribution in [-0.4, -0.2) is 13.2 Å². The maximum absolute atomic E-state index is 5.77. The molecule has 2 heteroatoms. The topological polar surface area (TPSA) is 21.3 Å². The minimum Gasteiger partial charge on any atom is -0.493 e. The molecule has 0 aromatic heterocycles. The highest BCUT2D eigenvalue weighted by atomic mass is 16.5. The number of ether oxygens (including phenoxy) is 1. The van der Waals surface area contributed by atoms with E-state index >= 15 is 0 Å². The van der Waals surface area contributed by atoms with Gasteiger partial charge in [-0.15, -0.1) is 0 Å². The fourth-order valence-corrected chi connectivity index (χ4v) is 4.72. The Morgan fingerprint density at radius 3 is 2.90 bits per heavy atom. The van der Waals surface area contributed by atoms with E-state index in [-0.39, 0.29) is 0 Å². The minimum atomic E-state index is 0.576. The molecular formula is C19H27NO. The number of fused-ring (bicyclic) bond motifs is 2. The van der Waals surface area contributed by atoms with Gasteiger partial charge in [-0.2, -0.15) is 0 Å².